The smallest absolute Gasteiger partial charge is 0.237 e. The molecule has 5 nitrogen and oxygen atoms in total. The lowest BCUT2D eigenvalue weighted by Gasteiger charge is -2.30. The maximum absolute atomic E-state index is 12.9. The van der Waals surface area contributed by atoms with Gasteiger partial charge in [-0.05, 0) is 50.2 Å². The largest absolute Gasteiger partial charge is 0.352 e. The first-order chi connectivity index (χ1) is 13.7. The predicted molar refractivity (Wildman–Crippen MR) is 113 cm³/mol. The summed E-state index contributed by atoms with van der Waals surface area (Å²) in [5.74, 6) is 1.02. The average molecular weight is 399 g/mol. The van der Waals surface area contributed by atoms with Gasteiger partial charge in [-0.3, -0.25) is 9.69 Å². The summed E-state index contributed by atoms with van der Waals surface area (Å²) in [4.78, 5) is 23.6. The number of likely N-dealkylation sites (tertiary alicyclic amines) is 1. The monoisotopic (exact) mass is 398 g/mol. The highest BCUT2D eigenvalue weighted by molar-refractivity contribution is 7.99. The fourth-order valence-corrected chi connectivity index (χ4v) is 5.97. The normalized spacial score (nSPS) is 26.7. The van der Waals surface area contributed by atoms with Crippen LogP contribution in [0.15, 0.2) is 29.4 Å². The van der Waals surface area contributed by atoms with Crippen molar-refractivity contribution in [3.05, 3.63) is 24.3 Å². The molecular weight excluding hydrogens is 368 g/mol. The Morgan fingerprint density at radius 3 is 2.79 bits per heavy atom. The zero-order valence-corrected chi connectivity index (χ0v) is 17.2. The van der Waals surface area contributed by atoms with E-state index in [0.717, 1.165) is 54.5 Å². The number of benzene rings is 1. The summed E-state index contributed by atoms with van der Waals surface area (Å²) in [7, 11) is 0. The fourth-order valence-electron chi connectivity index (χ4n) is 4.79. The summed E-state index contributed by atoms with van der Waals surface area (Å²) in [6.45, 7) is 2.07. The molecule has 2 aromatic rings. The third-order valence-corrected chi connectivity index (χ3v) is 7.55. The second kappa shape index (κ2) is 8.07. The van der Waals surface area contributed by atoms with Crippen LogP contribution in [0.25, 0.3) is 11.0 Å². The molecule has 28 heavy (non-hydrogen) atoms. The van der Waals surface area contributed by atoms with Crippen LogP contribution in [-0.2, 0) is 4.79 Å². The Morgan fingerprint density at radius 1 is 1.18 bits per heavy atom. The van der Waals surface area contributed by atoms with E-state index in [1.807, 2.05) is 30.0 Å². The molecule has 1 amide bonds. The van der Waals surface area contributed by atoms with E-state index in [4.69, 9.17) is 4.98 Å². The van der Waals surface area contributed by atoms with Gasteiger partial charge in [0.15, 0.2) is 5.16 Å². The highest BCUT2D eigenvalue weighted by atomic mass is 32.2. The van der Waals surface area contributed by atoms with Gasteiger partial charge in [0.05, 0.1) is 17.1 Å². The highest BCUT2D eigenvalue weighted by Crippen LogP contribution is 2.35. The van der Waals surface area contributed by atoms with E-state index in [2.05, 4.69) is 21.3 Å². The lowest BCUT2D eigenvalue weighted by molar-refractivity contribution is -0.125. The number of carbonyl (C=O) groups excluding carboxylic acids is 1. The van der Waals surface area contributed by atoms with Crippen LogP contribution >= 0.6 is 11.8 Å². The Labute approximate surface area is 171 Å². The van der Waals surface area contributed by atoms with E-state index < -0.39 is 0 Å². The minimum atomic E-state index is 0.0319. The van der Waals surface area contributed by atoms with E-state index in [9.17, 15) is 4.79 Å². The van der Waals surface area contributed by atoms with Gasteiger partial charge in [-0.15, -0.1) is 0 Å². The van der Waals surface area contributed by atoms with Crippen molar-refractivity contribution in [1.82, 2.24) is 20.2 Å². The number of imidazole rings is 1. The van der Waals surface area contributed by atoms with Gasteiger partial charge >= 0.3 is 0 Å². The third-order valence-electron chi connectivity index (χ3n) is 6.45. The highest BCUT2D eigenvalue weighted by Gasteiger charge is 2.40. The molecule has 2 N–H and O–H groups in total. The van der Waals surface area contributed by atoms with Crippen LogP contribution in [0.2, 0.25) is 0 Å². The summed E-state index contributed by atoms with van der Waals surface area (Å²) < 4.78 is 0. The molecule has 150 valence electrons. The first-order valence-electron chi connectivity index (χ1n) is 10.9. The fraction of sp³-hybridized carbons (Fsp3) is 0.636. The van der Waals surface area contributed by atoms with Crippen molar-refractivity contribution in [3.8, 4) is 0 Å². The third kappa shape index (κ3) is 4.23. The van der Waals surface area contributed by atoms with Crippen molar-refractivity contribution in [2.75, 3.05) is 13.1 Å². The molecular formula is C22H30N4OS. The van der Waals surface area contributed by atoms with Crippen molar-refractivity contribution in [3.63, 3.8) is 0 Å². The maximum Gasteiger partial charge on any atom is 0.237 e. The maximum atomic E-state index is 12.9. The zero-order valence-electron chi connectivity index (χ0n) is 16.4. The Balaban J connectivity index is 1.27. The molecule has 2 aliphatic carbocycles. The Morgan fingerprint density at radius 2 is 2.00 bits per heavy atom. The van der Waals surface area contributed by atoms with Crippen molar-refractivity contribution in [2.45, 2.75) is 73.9 Å². The van der Waals surface area contributed by atoms with E-state index in [-0.39, 0.29) is 11.9 Å². The van der Waals surface area contributed by atoms with E-state index in [0.29, 0.717) is 11.3 Å². The quantitative estimate of drug-likeness (QED) is 0.773. The summed E-state index contributed by atoms with van der Waals surface area (Å²) in [5.41, 5.74) is 2.11. The Hall–Kier alpha value is -1.53. The number of aromatic nitrogens is 2. The number of para-hydroxylation sites is 2. The number of amides is 1. The molecule has 2 saturated carbocycles. The Kier molecular flexibility index (Phi) is 5.33. The van der Waals surface area contributed by atoms with Crippen molar-refractivity contribution in [2.24, 2.45) is 5.92 Å². The molecule has 2 atom stereocenters. The topological polar surface area (TPSA) is 61.0 Å². The summed E-state index contributed by atoms with van der Waals surface area (Å²) in [6, 6.07) is 8.65. The molecule has 5 rings (SSSR count). The molecule has 1 aliphatic heterocycles. The van der Waals surface area contributed by atoms with Gasteiger partial charge in [0.2, 0.25) is 5.91 Å². The molecule has 1 aromatic heterocycles. The van der Waals surface area contributed by atoms with Crippen LogP contribution < -0.4 is 5.32 Å². The van der Waals surface area contributed by atoms with Crippen molar-refractivity contribution >= 4 is 28.7 Å². The standard InChI is InChI=1S/C22H30N4OS/c27-21(23-16-10-11-16)20-12-17(14-26(20)13-15-6-2-1-3-7-15)28-22-24-18-8-4-5-9-19(18)25-22/h4-5,8-9,15-17,20H,1-3,6-7,10-14H2,(H,23,27)(H,24,25)/t17-,20+/m1/s1. The predicted octanol–water partition coefficient (Wildman–Crippen LogP) is 3.96. The summed E-state index contributed by atoms with van der Waals surface area (Å²) in [5, 5.41) is 4.65. The van der Waals surface area contributed by atoms with Crippen LogP contribution in [0.5, 0.6) is 0 Å². The van der Waals surface area contributed by atoms with Crippen LogP contribution in [0.3, 0.4) is 0 Å². The summed E-state index contributed by atoms with van der Waals surface area (Å²) >= 11 is 1.81. The SMILES string of the molecule is O=C(NC1CC1)[C@@H]1C[C@@H](Sc2nc3ccccc3[nH]2)CN1CC1CCCCC1. The van der Waals surface area contributed by atoms with Gasteiger partial charge in [-0.25, -0.2) is 4.98 Å². The number of H-pyrrole nitrogens is 1. The number of rotatable bonds is 6. The van der Waals surface area contributed by atoms with Gasteiger partial charge in [0.25, 0.3) is 0 Å². The number of fused-ring (bicyclic) bond motifs is 1. The molecule has 2 heterocycles. The molecule has 3 fully saturated rings. The minimum absolute atomic E-state index is 0.0319. The number of nitrogens with one attached hydrogen (secondary N) is 2. The molecule has 0 radical (unpaired) electrons. The van der Waals surface area contributed by atoms with Gasteiger partial charge in [0.1, 0.15) is 0 Å². The van der Waals surface area contributed by atoms with Gasteiger partial charge in [-0.2, -0.15) is 0 Å². The number of aromatic amines is 1. The summed E-state index contributed by atoms with van der Waals surface area (Å²) in [6.07, 6.45) is 9.98. The number of hydrogen-bond donors (Lipinski definition) is 2. The van der Waals surface area contributed by atoms with Crippen molar-refractivity contribution < 1.29 is 4.79 Å². The Bertz CT molecular complexity index is 794. The molecule has 1 aromatic carbocycles. The average Bonchev–Trinajstić information content (AvgIpc) is 3.28. The molecule has 3 aliphatic rings. The van der Waals surface area contributed by atoms with E-state index in [1.54, 1.807) is 0 Å². The van der Waals surface area contributed by atoms with Crippen LogP contribution in [0, 0.1) is 5.92 Å². The second-order valence-electron chi connectivity index (χ2n) is 8.79. The van der Waals surface area contributed by atoms with Gasteiger partial charge < -0.3 is 10.3 Å². The molecule has 0 spiro atoms. The van der Waals surface area contributed by atoms with Crippen LogP contribution in [0.1, 0.15) is 51.4 Å². The van der Waals surface area contributed by atoms with E-state index in [1.165, 1.54) is 32.1 Å². The lowest BCUT2D eigenvalue weighted by Crippen LogP contribution is -2.45. The number of hydrogen-bond acceptors (Lipinski definition) is 4. The lowest BCUT2D eigenvalue weighted by atomic mass is 9.89. The molecule has 0 bridgehead atoms. The first kappa shape index (κ1) is 18.5. The van der Waals surface area contributed by atoms with Gasteiger partial charge in [0, 0.05) is 24.4 Å². The van der Waals surface area contributed by atoms with Gasteiger partial charge in [-0.1, -0.05) is 43.2 Å². The van der Waals surface area contributed by atoms with Crippen LogP contribution in [0.4, 0.5) is 0 Å². The zero-order chi connectivity index (χ0) is 18.9. The molecule has 0 unspecified atom stereocenters. The molecule has 1 saturated heterocycles. The number of carbonyl (C=O) groups is 1. The number of thioether (sulfide) groups is 1. The molecule has 6 heteroatoms. The van der Waals surface area contributed by atoms with Crippen LogP contribution in [-0.4, -0.2) is 51.2 Å². The number of nitrogens with zero attached hydrogens (tertiary/aromatic N) is 2. The van der Waals surface area contributed by atoms with Crippen molar-refractivity contribution in [1.29, 1.82) is 0 Å². The first-order valence-corrected chi connectivity index (χ1v) is 11.8. The van der Waals surface area contributed by atoms with E-state index >= 15 is 0 Å². The minimum Gasteiger partial charge on any atom is -0.352 e. The second-order valence-corrected chi connectivity index (χ2v) is 10.1.